The van der Waals surface area contributed by atoms with Gasteiger partial charge in [0.25, 0.3) is 0 Å². The van der Waals surface area contributed by atoms with Crippen molar-refractivity contribution >= 4 is 5.78 Å². The number of carbonyl (C=O) groups is 1. The Morgan fingerprint density at radius 1 is 1.19 bits per heavy atom. The van der Waals surface area contributed by atoms with Crippen molar-refractivity contribution in [2.45, 2.75) is 37.8 Å². The van der Waals surface area contributed by atoms with Gasteiger partial charge in [0, 0.05) is 25.1 Å². The highest BCUT2D eigenvalue weighted by molar-refractivity contribution is 6.00. The van der Waals surface area contributed by atoms with Crippen LogP contribution in [-0.4, -0.2) is 41.6 Å². The third-order valence-corrected chi connectivity index (χ3v) is 5.64. The minimum absolute atomic E-state index is 0.181. The molecule has 2 aromatic carbocycles. The SMILES string of the molecule is COc1ccc(O)cc1CN1CCCC2(CC1)CC(=O)c1ccccc1O2. The van der Waals surface area contributed by atoms with Gasteiger partial charge in [-0.2, -0.15) is 0 Å². The van der Waals surface area contributed by atoms with Crippen LogP contribution in [0.2, 0.25) is 0 Å². The third kappa shape index (κ3) is 3.65. The van der Waals surface area contributed by atoms with E-state index in [1.54, 1.807) is 25.3 Å². The molecule has 1 spiro atoms. The van der Waals surface area contributed by atoms with Crippen LogP contribution in [0.1, 0.15) is 41.6 Å². The molecule has 1 unspecified atom stereocenters. The summed E-state index contributed by atoms with van der Waals surface area (Å²) in [6, 6.07) is 12.7. The van der Waals surface area contributed by atoms with Crippen LogP contribution in [0.3, 0.4) is 0 Å². The Kier molecular flexibility index (Phi) is 4.79. The molecule has 1 fully saturated rings. The van der Waals surface area contributed by atoms with E-state index in [1.807, 2.05) is 24.3 Å². The summed E-state index contributed by atoms with van der Waals surface area (Å²) in [5.41, 5.74) is 1.27. The predicted octanol–water partition coefficient (Wildman–Crippen LogP) is 3.79. The van der Waals surface area contributed by atoms with Crippen molar-refractivity contribution < 1.29 is 19.4 Å². The van der Waals surface area contributed by atoms with Gasteiger partial charge in [-0.25, -0.2) is 0 Å². The van der Waals surface area contributed by atoms with Crippen LogP contribution >= 0.6 is 0 Å². The molecule has 4 rings (SSSR count). The van der Waals surface area contributed by atoms with E-state index < -0.39 is 5.60 Å². The maximum absolute atomic E-state index is 12.6. The van der Waals surface area contributed by atoms with E-state index in [-0.39, 0.29) is 11.5 Å². The predicted molar refractivity (Wildman–Crippen MR) is 103 cm³/mol. The summed E-state index contributed by atoms with van der Waals surface area (Å²) < 4.78 is 11.8. The highest BCUT2D eigenvalue weighted by Gasteiger charge is 2.41. The topological polar surface area (TPSA) is 59.0 Å². The summed E-state index contributed by atoms with van der Waals surface area (Å²) in [4.78, 5) is 15.0. The first kappa shape index (κ1) is 17.9. The van der Waals surface area contributed by atoms with Crippen molar-refractivity contribution in [3.63, 3.8) is 0 Å². The summed E-state index contributed by atoms with van der Waals surface area (Å²) in [6.45, 7) is 2.48. The molecule has 1 saturated heterocycles. The van der Waals surface area contributed by atoms with Gasteiger partial charge in [-0.15, -0.1) is 0 Å². The number of hydrogen-bond donors (Lipinski definition) is 1. The van der Waals surface area contributed by atoms with Gasteiger partial charge in [-0.05, 0) is 49.7 Å². The maximum atomic E-state index is 12.6. The molecular formula is C22H25NO4. The van der Waals surface area contributed by atoms with Gasteiger partial charge in [-0.1, -0.05) is 12.1 Å². The van der Waals surface area contributed by atoms with E-state index in [2.05, 4.69) is 4.90 Å². The Balaban J connectivity index is 1.49. The Morgan fingerprint density at radius 2 is 2.04 bits per heavy atom. The number of aromatic hydroxyl groups is 1. The number of likely N-dealkylation sites (tertiary alicyclic amines) is 1. The second-order valence-corrected chi connectivity index (χ2v) is 7.51. The molecule has 27 heavy (non-hydrogen) atoms. The van der Waals surface area contributed by atoms with Crippen molar-refractivity contribution in [3.8, 4) is 17.2 Å². The lowest BCUT2D eigenvalue weighted by molar-refractivity contribution is 0.0299. The van der Waals surface area contributed by atoms with Crippen LogP contribution in [0.15, 0.2) is 42.5 Å². The number of nitrogens with zero attached hydrogens (tertiary/aromatic N) is 1. The van der Waals surface area contributed by atoms with Crippen LogP contribution < -0.4 is 9.47 Å². The van der Waals surface area contributed by atoms with E-state index >= 15 is 0 Å². The summed E-state index contributed by atoms with van der Waals surface area (Å²) in [5.74, 6) is 1.93. The maximum Gasteiger partial charge on any atom is 0.170 e. The summed E-state index contributed by atoms with van der Waals surface area (Å²) in [5, 5.41) is 9.81. The number of ether oxygens (including phenoxy) is 2. The Bertz CT molecular complexity index is 850. The molecule has 0 amide bonds. The number of ketones is 1. The van der Waals surface area contributed by atoms with Crippen molar-refractivity contribution in [2.75, 3.05) is 20.2 Å². The van der Waals surface area contributed by atoms with Gasteiger partial charge < -0.3 is 14.6 Å². The van der Waals surface area contributed by atoms with Crippen LogP contribution in [0, 0.1) is 0 Å². The standard InChI is InChI=1S/C22H25NO4/c1-26-20-8-7-17(24)13-16(20)15-23-11-4-9-22(10-12-23)14-19(25)18-5-2-3-6-21(18)27-22/h2-3,5-8,13,24H,4,9-12,14-15H2,1H3. The van der Waals surface area contributed by atoms with E-state index in [0.717, 1.165) is 49.4 Å². The Labute approximate surface area is 159 Å². The molecule has 0 bridgehead atoms. The van der Waals surface area contributed by atoms with Gasteiger partial charge in [0.05, 0.1) is 19.1 Å². The van der Waals surface area contributed by atoms with Crippen LogP contribution in [-0.2, 0) is 6.54 Å². The number of phenolic OH excluding ortho intramolecular Hbond substituents is 1. The zero-order chi connectivity index (χ0) is 18.9. The molecular weight excluding hydrogens is 342 g/mol. The highest BCUT2D eigenvalue weighted by Crippen LogP contribution is 2.39. The number of methoxy groups -OCH3 is 1. The van der Waals surface area contributed by atoms with Crippen molar-refractivity contribution in [3.05, 3.63) is 53.6 Å². The normalized spacial score (nSPS) is 22.8. The lowest BCUT2D eigenvalue weighted by Gasteiger charge is -2.37. The number of benzene rings is 2. The lowest BCUT2D eigenvalue weighted by atomic mass is 9.84. The van der Waals surface area contributed by atoms with Crippen molar-refractivity contribution in [2.24, 2.45) is 0 Å². The molecule has 0 aliphatic carbocycles. The first-order valence-electron chi connectivity index (χ1n) is 9.48. The van der Waals surface area contributed by atoms with Gasteiger partial charge in [0.2, 0.25) is 0 Å². The van der Waals surface area contributed by atoms with Gasteiger partial charge >= 0.3 is 0 Å². The molecule has 2 aliphatic heterocycles. The first-order valence-corrected chi connectivity index (χ1v) is 9.48. The van der Waals surface area contributed by atoms with Gasteiger partial charge in [0.15, 0.2) is 5.78 Å². The summed E-state index contributed by atoms with van der Waals surface area (Å²) >= 11 is 0. The molecule has 1 N–H and O–H groups in total. The molecule has 1 atom stereocenters. The van der Waals surface area contributed by atoms with Crippen LogP contribution in [0.4, 0.5) is 0 Å². The van der Waals surface area contributed by atoms with Crippen molar-refractivity contribution in [1.82, 2.24) is 4.90 Å². The molecule has 5 nitrogen and oxygen atoms in total. The molecule has 2 aromatic rings. The molecule has 5 heteroatoms. The second kappa shape index (κ2) is 7.24. The monoisotopic (exact) mass is 367 g/mol. The summed E-state index contributed by atoms with van der Waals surface area (Å²) in [7, 11) is 1.65. The Hall–Kier alpha value is -2.53. The summed E-state index contributed by atoms with van der Waals surface area (Å²) in [6.07, 6.45) is 3.11. The van der Waals surface area contributed by atoms with E-state index in [0.29, 0.717) is 18.5 Å². The van der Waals surface area contributed by atoms with E-state index in [9.17, 15) is 9.90 Å². The highest BCUT2D eigenvalue weighted by atomic mass is 16.5. The lowest BCUT2D eigenvalue weighted by Crippen LogP contribution is -2.42. The zero-order valence-corrected chi connectivity index (χ0v) is 15.6. The molecule has 142 valence electrons. The van der Waals surface area contributed by atoms with Crippen LogP contribution in [0.5, 0.6) is 17.2 Å². The number of hydrogen-bond acceptors (Lipinski definition) is 5. The minimum Gasteiger partial charge on any atom is -0.508 e. The molecule has 0 radical (unpaired) electrons. The smallest absolute Gasteiger partial charge is 0.170 e. The molecule has 0 saturated carbocycles. The molecule has 0 aromatic heterocycles. The largest absolute Gasteiger partial charge is 0.508 e. The number of phenols is 1. The fraction of sp³-hybridized carbons (Fsp3) is 0.409. The number of carbonyl (C=O) groups excluding carboxylic acids is 1. The second-order valence-electron chi connectivity index (χ2n) is 7.51. The quantitative estimate of drug-likeness (QED) is 0.894. The molecule has 2 heterocycles. The average molecular weight is 367 g/mol. The average Bonchev–Trinajstić information content (AvgIpc) is 2.84. The third-order valence-electron chi connectivity index (χ3n) is 5.64. The van der Waals surface area contributed by atoms with Gasteiger partial charge in [0.1, 0.15) is 22.8 Å². The number of para-hydroxylation sites is 1. The van der Waals surface area contributed by atoms with E-state index in [1.165, 1.54) is 0 Å². The van der Waals surface area contributed by atoms with E-state index in [4.69, 9.17) is 9.47 Å². The van der Waals surface area contributed by atoms with Crippen LogP contribution in [0.25, 0.3) is 0 Å². The zero-order valence-electron chi connectivity index (χ0n) is 15.6. The minimum atomic E-state index is -0.400. The number of fused-ring (bicyclic) bond motifs is 1. The Morgan fingerprint density at radius 3 is 2.89 bits per heavy atom. The fourth-order valence-corrected chi connectivity index (χ4v) is 4.23. The van der Waals surface area contributed by atoms with Gasteiger partial charge in [-0.3, -0.25) is 9.69 Å². The first-order chi connectivity index (χ1) is 13.1. The number of Topliss-reactive ketones (excluding diaryl/α,β-unsaturated/α-hetero) is 1. The fourth-order valence-electron chi connectivity index (χ4n) is 4.23. The van der Waals surface area contributed by atoms with Crippen molar-refractivity contribution in [1.29, 1.82) is 0 Å². The molecule has 2 aliphatic rings. The number of rotatable bonds is 3.